The molecule has 0 saturated carbocycles. The van der Waals surface area contributed by atoms with Crippen molar-refractivity contribution in [3.63, 3.8) is 0 Å². The predicted molar refractivity (Wildman–Crippen MR) is 56.8 cm³/mol. The third-order valence-electron chi connectivity index (χ3n) is 2.64. The van der Waals surface area contributed by atoms with Crippen LogP contribution >= 0.6 is 0 Å². The lowest BCUT2D eigenvalue weighted by Crippen LogP contribution is -2.57. The molecule has 1 aromatic heterocycles. The van der Waals surface area contributed by atoms with E-state index in [-0.39, 0.29) is 12.4 Å². The molecule has 8 nitrogen and oxygen atoms in total. The Balaban J connectivity index is 2.15. The molecule has 1 unspecified atom stereocenters. The standard InChI is InChI=1S/C10H12N4O4/c1-2-3-6-8(15)12-10(17)14(9(6)16)4-7-11-5-18-13-7/h5-6H,2-4H2,1H3,(H,12,15,17). The number of imide groups is 2. The molecular formula is C10H12N4O4. The van der Waals surface area contributed by atoms with Gasteiger partial charge in [0.25, 0.3) is 0 Å². The Bertz CT molecular complexity index is 470. The van der Waals surface area contributed by atoms with Crippen LogP contribution in [0, 0.1) is 5.92 Å². The summed E-state index contributed by atoms with van der Waals surface area (Å²) >= 11 is 0. The van der Waals surface area contributed by atoms with Crippen molar-refractivity contribution in [2.24, 2.45) is 5.92 Å². The number of carbonyl (C=O) groups is 3. The molecule has 0 spiro atoms. The zero-order chi connectivity index (χ0) is 13.1. The van der Waals surface area contributed by atoms with E-state index in [1.165, 1.54) is 0 Å². The first kappa shape index (κ1) is 12.2. The summed E-state index contributed by atoms with van der Waals surface area (Å²) in [4.78, 5) is 39.8. The lowest BCUT2D eigenvalue weighted by atomic mass is 9.99. The first-order valence-electron chi connectivity index (χ1n) is 5.55. The van der Waals surface area contributed by atoms with Gasteiger partial charge in [-0.05, 0) is 6.42 Å². The zero-order valence-electron chi connectivity index (χ0n) is 9.75. The zero-order valence-corrected chi connectivity index (χ0v) is 9.75. The molecule has 96 valence electrons. The summed E-state index contributed by atoms with van der Waals surface area (Å²) in [5, 5.41) is 5.67. The van der Waals surface area contributed by atoms with Crippen LogP contribution < -0.4 is 5.32 Å². The molecule has 2 rings (SSSR count). The summed E-state index contributed by atoms with van der Waals surface area (Å²) in [6.07, 6.45) is 2.19. The van der Waals surface area contributed by atoms with Gasteiger partial charge in [-0.15, -0.1) is 0 Å². The largest absolute Gasteiger partial charge is 0.343 e. The maximum Gasteiger partial charge on any atom is 0.331 e. The number of barbiturate groups is 1. The molecule has 2 heterocycles. The normalized spacial score (nSPS) is 20.2. The summed E-state index contributed by atoms with van der Waals surface area (Å²) in [5.74, 6) is -1.67. The van der Waals surface area contributed by atoms with Crippen LogP contribution in [-0.4, -0.2) is 32.9 Å². The minimum atomic E-state index is -0.820. The topological polar surface area (TPSA) is 105 Å². The lowest BCUT2D eigenvalue weighted by Gasteiger charge is -2.29. The van der Waals surface area contributed by atoms with Crippen LogP contribution in [0.1, 0.15) is 25.6 Å². The number of aromatic nitrogens is 2. The molecule has 8 heteroatoms. The number of rotatable bonds is 4. The van der Waals surface area contributed by atoms with E-state index in [9.17, 15) is 14.4 Å². The van der Waals surface area contributed by atoms with Gasteiger partial charge in [0.05, 0.1) is 6.54 Å². The Morgan fingerprint density at radius 1 is 1.44 bits per heavy atom. The minimum Gasteiger partial charge on any atom is -0.343 e. The van der Waals surface area contributed by atoms with Gasteiger partial charge < -0.3 is 4.52 Å². The van der Waals surface area contributed by atoms with Crippen molar-refractivity contribution in [3.8, 4) is 0 Å². The van der Waals surface area contributed by atoms with Crippen molar-refractivity contribution in [2.75, 3.05) is 0 Å². The van der Waals surface area contributed by atoms with Gasteiger partial charge in [0.1, 0.15) is 5.92 Å². The van der Waals surface area contributed by atoms with Gasteiger partial charge in [0.2, 0.25) is 18.2 Å². The van der Waals surface area contributed by atoms with Crippen LogP contribution in [0.5, 0.6) is 0 Å². The number of carbonyl (C=O) groups excluding carboxylic acids is 3. The van der Waals surface area contributed by atoms with Gasteiger partial charge in [0, 0.05) is 0 Å². The van der Waals surface area contributed by atoms with Gasteiger partial charge in [0.15, 0.2) is 5.82 Å². The fourth-order valence-corrected chi connectivity index (χ4v) is 1.76. The average Bonchev–Trinajstić information content (AvgIpc) is 2.83. The fraction of sp³-hybridized carbons (Fsp3) is 0.500. The molecule has 18 heavy (non-hydrogen) atoms. The second-order valence-corrected chi connectivity index (χ2v) is 3.91. The number of amides is 4. The van der Waals surface area contributed by atoms with E-state index >= 15 is 0 Å². The van der Waals surface area contributed by atoms with E-state index in [2.05, 4.69) is 20.0 Å². The van der Waals surface area contributed by atoms with Crippen molar-refractivity contribution in [3.05, 3.63) is 12.2 Å². The Hall–Kier alpha value is -2.25. The van der Waals surface area contributed by atoms with Gasteiger partial charge >= 0.3 is 6.03 Å². The SMILES string of the molecule is CCCC1C(=O)NC(=O)N(Cc2ncon2)C1=O. The Kier molecular flexibility index (Phi) is 3.35. The predicted octanol–water partition coefficient (Wildman–Crippen LogP) is 0.0643. The molecule has 1 fully saturated rings. The highest BCUT2D eigenvalue weighted by Gasteiger charge is 2.40. The molecule has 0 bridgehead atoms. The quantitative estimate of drug-likeness (QED) is 0.760. The van der Waals surface area contributed by atoms with E-state index in [4.69, 9.17) is 0 Å². The van der Waals surface area contributed by atoms with Crippen molar-refractivity contribution in [1.29, 1.82) is 0 Å². The maximum absolute atomic E-state index is 12.0. The number of hydrogen-bond donors (Lipinski definition) is 1. The summed E-state index contributed by atoms with van der Waals surface area (Å²) in [6.45, 7) is 1.76. The highest BCUT2D eigenvalue weighted by molar-refractivity contribution is 6.15. The van der Waals surface area contributed by atoms with Crippen molar-refractivity contribution < 1.29 is 18.9 Å². The van der Waals surface area contributed by atoms with E-state index in [0.29, 0.717) is 12.8 Å². The van der Waals surface area contributed by atoms with Crippen molar-refractivity contribution in [1.82, 2.24) is 20.4 Å². The number of nitrogens with one attached hydrogen (secondary N) is 1. The third kappa shape index (κ3) is 2.22. The summed E-state index contributed by atoms with van der Waals surface area (Å²) in [7, 11) is 0. The molecular weight excluding hydrogens is 240 g/mol. The Morgan fingerprint density at radius 2 is 2.22 bits per heavy atom. The van der Waals surface area contributed by atoms with Crippen LogP contribution in [0.15, 0.2) is 10.9 Å². The van der Waals surface area contributed by atoms with E-state index in [0.717, 1.165) is 11.3 Å². The van der Waals surface area contributed by atoms with Gasteiger partial charge in [-0.3, -0.25) is 19.8 Å². The Morgan fingerprint density at radius 3 is 2.83 bits per heavy atom. The average molecular weight is 252 g/mol. The van der Waals surface area contributed by atoms with Crippen LogP contribution in [-0.2, 0) is 16.1 Å². The summed E-state index contributed by atoms with van der Waals surface area (Å²) < 4.78 is 4.52. The second kappa shape index (κ2) is 4.94. The maximum atomic E-state index is 12.0. The van der Waals surface area contributed by atoms with E-state index < -0.39 is 23.8 Å². The molecule has 1 aliphatic rings. The fourth-order valence-electron chi connectivity index (χ4n) is 1.76. The molecule has 1 saturated heterocycles. The van der Waals surface area contributed by atoms with Gasteiger partial charge in [-0.25, -0.2) is 4.79 Å². The number of nitrogens with zero attached hydrogens (tertiary/aromatic N) is 3. The molecule has 0 aromatic carbocycles. The first-order valence-corrected chi connectivity index (χ1v) is 5.55. The second-order valence-electron chi connectivity index (χ2n) is 3.91. The highest BCUT2D eigenvalue weighted by atomic mass is 16.5. The van der Waals surface area contributed by atoms with Crippen molar-refractivity contribution >= 4 is 17.8 Å². The van der Waals surface area contributed by atoms with Gasteiger partial charge in [-0.1, -0.05) is 18.5 Å². The number of hydrogen-bond acceptors (Lipinski definition) is 6. The molecule has 0 aliphatic carbocycles. The molecule has 1 N–H and O–H groups in total. The highest BCUT2D eigenvalue weighted by Crippen LogP contribution is 2.17. The molecule has 4 amide bonds. The smallest absolute Gasteiger partial charge is 0.331 e. The molecule has 0 radical (unpaired) electrons. The summed E-state index contributed by atoms with van der Waals surface area (Å²) in [5.41, 5.74) is 0. The monoisotopic (exact) mass is 252 g/mol. The first-order chi connectivity index (χ1) is 8.63. The van der Waals surface area contributed by atoms with E-state index in [1.54, 1.807) is 0 Å². The lowest BCUT2D eigenvalue weighted by molar-refractivity contribution is -0.143. The van der Waals surface area contributed by atoms with Crippen LogP contribution in [0.4, 0.5) is 4.79 Å². The van der Waals surface area contributed by atoms with Crippen molar-refractivity contribution in [2.45, 2.75) is 26.3 Å². The summed E-state index contributed by atoms with van der Waals surface area (Å²) in [6, 6.07) is -0.748. The minimum absolute atomic E-state index is 0.103. The molecule has 1 atom stereocenters. The van der Waals surface area contributed by atoms with Gasteiger partial charge in [-0.2, -0.15) is 4.98 Å². The van der Waals surface area contributed by atoms with Crippen LogP contribution in [0.25, 0.3) is 0 Å². The third-order valence-corrected chi connectivity index (χ3v) is 2.64. The molecule has 1 aliphatic heterocycles. The molecule has 1 aromatic rings. The van der Waals surface area contributed by atoms with E-state index in [1.807, 2.05) is 6.92 Å². The van der Waals surface area contributed by atoms with Crippen LogP contribution in [0.2, 0.25) is 0 Å². The van der Waals surface area contributed by atoms with Crippen LogP contribution in [0.3, 0.4) is 0 Å². The number of urea groups is 1. The Labute approximate surface area is 102 Å².